The van der Waals surface area contributed by atoms with E-state index in [9.17, 15) is 9.59 Å². The number of hydrogen-bond donors (Lipinski definition) is 0. The summed E-state index contributed by atoms with van der Waals surface area (Å²) in [6.07, 6.45) is 20.6. The molecule has 0 unspecified atom stereocenters. The quantitative estimate of drug-likeness (QED) is 0.0738. The summed E-state index contributed by atoms with van der Waals surface area (Å²) in [6, 6.07) is 11.2. The monoisotopic (exact) mass is 844 g/mol. The van der Waals surface area contributed by atoms with Crippen molar-refractivity contribution in [1.82, 2.24) is 28.2 Å². The molecule has 6 aromatic heterocycles. The minimum atomic E-state index is -0.181. The average molecular weight is 845 g/mol. The number of carbonyl (C=O) groups is 2. The summed E-state index contributed by atoms with van der Waals surface area (Å²) < 4.78 is 17.6. The zero-order valence-electron chi connectivity index (χ0n) is 28.1. The number of imidazole rings is 3. The van der Waals surface area contributed by atoms with E-state index in [0.29, 0.717) is 37.2 Å². The number of ether oxygens (including phenoxy) is 2. The summed E-state index contributed by atoms with van der Waals surface area (Å²) in [5.41, 5.74) is 3.93. The standard InChI is InChI=1S/C11H11IN2O2.C11H12N2O2.C8H7B.C7H5BrN2/c1-16-5-3-9(15)8-2-4-14-10(12)7-13-11(14)6-8;1-15-7-3-10(14)9-2-5-13-6-4-12-11(13)8-9;1-4-7-9(6-3)8-5-2;8-6-1-3-10-4-2-9-7(10)5-6/h2,4,6-7H,3,5H2,1H3;2,4-6,8H,3,7H2,1H3;3H,1-2H3;1-5H. The Hall–Kier alpha value is -4.72. The number of aromatic nitrogens is 6. The molecule has 50 heavy (non-hydrogen) atoms. The Labute approximate surface area is 314 Å². The molecule has 0 spiro atoms. The normalized spacial score (nSPS) is 9.70. The molecular weight excluding hydrogens is 810 g/mol. The zero-order chi connectivity index (χ0) is 36.3. The minimum Gasteiger partial charge on any atom is -0.384 e. The first-order valence-corrected chi connectivity index (χ1v) is 17.1. The van der Waals surface area contributed by atoms with Gasteiger partial charge in [0.25, 0.3) is 0 Å². The largest absolute Gasteiger partial charge is 0.394 e. The Morgan fingerprint density at radius 1 is 0.800 bits per heavy atom. The first kappa shape index (κ1) is 39.7. The van der Waals surface area contributed by atoms with Crippen LogP contribution in [0.15, 0.2) is 90.4 Å². The lowest BCUT2D eigenvalue weighted by Gasteiger charge is -2.01. The molecule has 10 nitrogen and oxygen atoms in total. The number of methoxy groups -OCH3 is 2. The van der Waals surface area contributed by atoms with Gasteiger partial charge in [0.15, 0.2) is 11.6 Å². The maximum atomic E-state index is 11.7. The highest BCUT2D eigenvalue weighted by Gasteiger charge is 2.08. The molecule has 0 atom stereocenters. The van der Waals surface area contributed by atoms with Crippen LogP contribution in [-0.2, 0) is 9.47 Å². The van der Waals surface area contributed by atoms with Crippen molar-refractivity contribution in [2.45, 2.75) is 26.7 Å². The predicted molar refractivity (Wildman–Crippen MR) is 209 cm³/mol. The molecular formula is C37H35BBrIN6O4. The number of hydrogen-bond acceptors (Lipinski definition) is 7. The van der Waals surface area contributed by atoms with Gasteiger partial charge in [-0.05, 0) is 72.8 Å². The zero-order valence-corrected chi connectivity index (χ0v) is 31.9. The summed E-state index contributed by atoms with van der Waals surface area (Å²) in [7, 11) is 3.18. The highest BCUT2D eigenvalue weighted by atomic mass is 127. The van der Waals surface area contributed by atoms with Crippen LogP contribution < -0.4 is 0 Å². The number of rotatable bonds is 8. The second-order valence-corrected chi connectivity index (χ2v) is 12.1. The van der Waals surface area contributed by atoms with Gasteiger partial charge in [-0.25, -0.2) is 15.0 Å². The first-order chi connectivity index (χ1) is 24.2. The lowest BCUT2D eigenvalue weighted by molar-refractivity contribution is 0.0923. The van der Waals surface area contributed by atoms with E-state index < -0.39 is 0 Å². The van der Waals surface area contributed by atoms with E-state index in [4.69, 9.17) is 15.9 Å². The smallest absolute Gasteiger partial charge is 0.384 e. The first-order valence-electron chi connectivity index (χ1n) is 15.2. The molecule has 13 heteroatoms. The summed E-state index contributed by atoms with van der Waals surface area (Å²) in [5.74, 6) is 13.6. The van der Waals surface area contributed by atoms with E-state index in [-0.39, 0.29) is 18.3 Å². The van der Waals surface area contributed by atoms with Gasteiger partial charge in [0.2, 0.25) is 0 Å². The van der Waals surface area contributed by atoms with Gasteiger partial charge in [-0.1, -0.05) is 15.9 Å². The third-order valence-corrected chi connectivity index (χ3v) is 7.97. The van der Waals surface area contributed by atoms with Gasteiger partial charge in [0, 0.05) is 86.0 Å². The van der Waals surface area contributed by atoms with Crippen LogP contribution in [0.1, 0.15) is 47.4 Å². The number of Topliss-reactive ketones (excluding diaryl/α,β-unsaturated/α-hetero) is 2. The Balaban J connectivity index is 0.000000186. The van der Waals surface area contributed by atoms with Gasteiger partial charge in [0.05, 0.1) is 19.4 Å². The fourth-order valence-electron chi connectivity index (χ4n) is 4.18. The molecule has 6 heterocycles. The maximum absolute atomic E-state index is 11.7. The number of carbonyl (C=O) groups excluding carboxylic acids is 2. The summed E-state index contributed by atoms with van der Waals surface area (Å²) in [5, 5.41) is 0. The van der Waals surface area contributed by atoms with Crippen LogP contribution in [0.5, 0.6) is 0 Å². The molecule has 0 N–H and O–H groups in total. The van der Waals surface area contributed by atoms with Gasteiger partial charge in [-0.3, -0.25) is 14.0 Å². The van der Waals surface area contributed by atoms with Crippen LogP contribution in [-0.4, -0.2) is 73.9 Å². The molecule has 0 bridgehead atoms. The van der Waals surface area contributed by atoms with E-state index in [1.807, 2.05) is 62.4 Å². The van der Waals surface area contributed by atoms with Crippen LogP contribution in [0.3, 0.4) is 0 Å². The van der Waals surface area contributed by atoms with Crippen molar-refractivity contribution in [3.8, 4) is 35.7 Å². The van der Waals surface area contributed by atoms with Gasteiger partial charge < -0.3 is 18.3 Å². The van der Waals surface area contributed by atoms with E-state index in [0.717, 1.165) is 25.1 Å². The highest BCUT2D eigenvalue weighted by Crippen LogP contribution is 2.13. The van der Waals surface area contributed by atoms with E-state index in [1.165, 1.54) is 0 Å². The molecule has 0 aliphatic rings. The van der Waals surface area contributed by atoms with Crippen molar-refractivity contribution in [2.75, 3.05) is 27.4 Å². The van der Waals surface area contributed by atoms with Crippen molar-refractivity contribution in [2.24, 2.45) is 0 Å². The summed E-state index contributed by atoms with van der Waals surface area (Å²) >= 11 is 5.56. The number of fused-ring (bicyclic) bond motifs is 3. The van der Waals surface area contributed by atoms with Crippen LogP contribution >= 0.6 is 38.5 Å². The molecule has 254 valence electrons. The van der Waals surface area contributed by atoms with Crippen LogP contribution in [0, 0.1) is 39.4 Å². The molecule has 0 aliphatic carbocycles. The van der Waals surface area contributed by atoms with Crippen molar-refractivity contribution in [3.05, 3.63) is 105 Å². The van der Waals surface area contributed by atoms with E-state index in [1.54, 1.807) is 64.9 Å². The number of terminal acetylenes is 1. The van der Waals surface area contributed by atoms with E-state index >= 15 is 0 Å². The predicted octanol–water partition coefficient (Wildman–Crippen LogP) is 6.59. The molecule has 0 aromatic carbocycles. The SMILES string of the molecule is Brc1ccn2ccnc2c1.C#CB(C#CC)C#CC.COCCC(=O)c1ccn2c(I)cnc2c1.COCCC(=O)c1ccn2ccnc2c1. The number of nitrogens with zero attached hydrogens (tertiary/aromatic N) is 6. The van der Waals surface area contributed by atoms with Crippen molar-refractivity contribution >= 4 is 73.7 Å². The molecule has 0 radical (unpaired) electrons. The van der Waals surface area contributed by atoms with Gasteiger partial charge >= 0.3 is 6.71 Å². The van der Waals surface area contributed by atoms with E-state index in [2.05, 4.69) is 82.8 Å². The van der Waals surface area contributed by atoms with Crippen molar-refractivity contribution < 1.29 is 19.1 Å². The number of pyridine rings is 3. The van der Waals surface area contributed by atoms with Crippen molar-refractivity contribution in [3.63, 3.8) is 0 Å². The maximum Gasteiger partial charge on any atom is 0.394 e. The number of ketones is 2. The summed E-state index contributed by atoms with van der Waals surface area (Å²) in [4.78, 5) is 35.8. The third-order valence-electron chi connectivity index (χ3n) is 6.68. The minimum absolute atomic E-state index is 0.0855. The molecule has 0 fully saturated rings. The Bertz CT molecular complexity index is 2180. The molecule has 0 saturated heterocycles. The van der Waals surface area contributed by atoms with Crippen LogP contribution in [0.25, 0.3) is 16.9 Å². The third kappa shape index (κ3) is 12.3. The Kier molecular flexibility index (Phi) is 17.0. The number of halogens is 2. The average Bonchev–Trinajstić information content (AvgIpc) is 3.89. The lowest BCUT2D eigenvalue weighted by Crippen LogP contribution is -2.04. The summed E-state index contributed by atoms with van der Waals surface area (Å²) in [6.45, 7) is 4.23. The van der Waals surface area contributed by atoms with Gasteiger partial charge in [0.1, 0.15) is 20.6 Å². The molecule has 0 saturated carbocycles. The molecule has 6 rings (SSSR count). The lowest BCUT2D eigenvalue weighted by atomic mass is 9.53. The second-order valence-electron chi connectivity index (χ2n) is 10.1. The molecule has 6 aromatic rings. The fourth-order valence-corrected chi connectivity index (χ4v) is 5.05. The van der Waals surface area contributed by atoms with Crippen LogP contribution in [0.2, 0.25) is 0 Å². The second kappa shape index (κ2) is 21.4. The van der Waals surface area contributed by atoms with Gasteiger partial charge in [-0.2, -0.15) is 0 Å². The van der Waals surface area contributed by atoms with Crippen molar-refractivity contribution in [1.29, 1.82) is 0 Å². The highest BCUT2D eigenvalue weighted by molar-refractivity contribution is 14.1. The molecule has 0 aliphatic heterocycles. The van der Waals surface area contributed by atoms with Gasteiger partial charge in [-0.15, -0.1) is 35.7 Å². The van der Waals surface area contributed by atoms with Crippen LogP contribution in [0.4, 0.5) is 0 Å². The Morgan fingerprint density at radius 3 is 1.86 bits per heavy atom. The topological polar surface area (TPSA) is 105 Å². The Morgan fingerprint density at radius 2 is 1.32 bits per heavy atom. The molecule has 0 amide bonds. The fraction of sp³-hybridized carbons (Fsp3) is 0.216.